The Morgan fingerprint density at radius 1 is 1.15 bits per heavy atom. The van der Waals surface area contributed by atoms with Crippen LogP contribution in [0.25, 0.3) is 5.69 Å². The summed E-state index contributed by atoms with van der Waals surface area (Å²) < 4.78 is 41.4. The number of aromatic nitrogens is 3. The van der Waals surface area contributed by atoms with Gasteiger partial charge in [0.15, 0.2) is 4.77 Å². The summed E-state index contributed by atoms with van der Waals surface area (Å²) in [7, 11) is 0. The van der Waals surface area contributed by atoms with Crippen molar-refractivity contribution in [2.24, 2.45) is 0 Å². The number of piperazine rings is 1. The van der Waals surface area contributed by atoms with Crippen LogP contribution in [0.3, 0.4) is 0 Å². The first-order valence-electron chi connectivity index (χ1n) is 12.6. The fourth-order valence-corrected chi connectivity index (χ4v) is 5.85. The normalized spacial score (nSPS) is 17.4. The summed E-state index contributed by atoms with van der Waals surface area (Å²) in [6, 6.07) is 6.31. The number of nitrogens with one attached hydrogen (secondary N) is 1. The standard InChI is InChI=1S/C26H24BrF3N6O4S/c1-14-10-17-20(13-35(14)22(37)15-2-4-19(27)18(11-15)26(28,29)30)32-24(41)36(23(17)38)16-3-5-21(31-12-16)33-6-8-34(9-7-33)25(39)40/h2-5,11-12,14H,6-10,13H2,1H3,(H,32,41)(H,39,40). The monoisotopic (exact) mass is 652 g/mol. The largest absolute Gasteiger partial charge is 0.465 e. The Labute approximate surface area is 245 Å². The van der Waals surface area contributed by atoms with Gasteiger partial charge in [-0.15, -0.1) is 0 Å². The molecule has 0 aliphatic carbocycles. The molecule has 1 aromatic carbocycles. The fourth-order valence-electron chi connectivity index (χ4n) is 5.07. The Morgan fingerprint density at radius 2 is 1.85 bits per heavy atom. The minimum atomic E-state index is -4.63. The third-order valence-electron chi connectivity index (χ3n) is 7.29. The molecule has 2 N–H and O–H groups in total. The van der Waals surface area contributed by atoms with E-state index < -0.39 is 29.8 Å². The quantitative estimate of drug-likeness (QED) is 0.402. The molecule has 2 aromatic heterocycles. The van der Waals surface area contributed by atoms with Gasteiger partial charge in [0.25, 0.3) is 11.5 Å². The number of H-pyrrole nitrogens is 1. The van der Waals surface area contributed by atoms with Crippen molar-refractivity contribution in [3.05, 3.63) is 78.5 Å². The molecule has 1 atom stereocenters. The number of halogens is 4. The Bertz CT molecular complexity index is 1630. The van der Waals surface area contributed by atoms with Crippen molar-refractivity contribution in [3.63, 3.8) is 0 Å². The maximum Gasteiger partial charge on any atom is 0.417 e. The van der Waals surface area contributed by atoms with Gasteiger partial charge in [-0.3, -0.25) is 14.2 Å². The van der Waals surface area contributed by atoms with Crippen LogP contribution in [0.2, 0.25) is 0 Å². The zero-order valence-corrected chi connectivity index (χ0v) is 24.0. The van der Waals surface area contributed by atoms with E-state index >= 15 is 0 Å². The lowest BCUT2D eigenvalue weighted by atomic mass is 9.98. The maximum absolute atomic E-state index is 13.5. The molecule has 216 valence electrons. The highest BCUT2D eigenvalue weighted by molar-refractivity contribution is 9.10. The number of aromatic amines is 1. The van der Waals surface area contributed by atoms with E-state index in [-0.39, 0.29) is 33.3 Å². The Morgan fingerprint density at radius 3 is 2.46 bits per heavy atom. The summed E-state index contributed by atoms with van der Waals surface area (Å²) in [6.45, 7) is 3.40. The molecule has 0 bridgehead atoms. The van der Waals surface area contributed by atoms with E-state index in [4.69, 9.17) is 17.3 Å². The summed E-state index contributed by atoms with van der Waals surface area (Å²) in [4.78, 5) is 50.2. The number of nitrogens with zero attached hydrogens (tertiary/aromatic N) is 5. The molecular weight excluding hydrogens is 629 g/mol. The third kappa shape index (κ3) is 5.60. The molecule has 4 heterocycles. The number of carbonyl (C=O) groups is 2. The fraction of sp³-hybridized carbons (Fsp3) is 0.346. The highest BCUT2D eigenvalue weighted by atomic mass is 79.9. The summed E-state index contributed by atoms with van der Waals surface area (Å²) in [5, 5.41) is 9.14. The number of benzene rings is 1. The van der Waals surface area contributed by atoms with Crippen LogP contribution in [0.15, 0.2) is 45.8 Å². The van der Waals surface area contributed by atoms with Gasteiger partial charge in [-0.1, -0.05) is 15.9 Å². The smallest absolute Gasteiger partial charge is 0.417 e. The molecule has 0 radical (unpaired) electrons. The molecule has 2 aliphatic rings. The van der Waals surface area contributed by atoms with Crippen LogP contribution < -0.4 is 10.5 Å². The predicted octanol–water partition coefficient (Wildman–Crippen LogP) is 4.46. The number of amides is 2. The lowest BCUT2D eigenvalue weighted by Gasteiger charge is -2.35. The summed E-state index contributed by atoms with van der Waals surface area (Å²) in [6.07, 6.45) is -3.90. The molecule has 5 rings (SSSR count). The van der Waals surface area contributed by atoms with Gasteiger partial charge >= 0.3 is 12.3 Å². The van der Waals surface area contributed by atoms with Crippen molar-refractivity contribution < 1.29 is 27.9 Å². The van der Waals surface area contributed by atoms with E-state index in [0.717, 1.165) is 6.07 Å². The van der Waals surface area contributed by atoms with Gasteiger partial charge < -0.3 is 24.8 Å². The van der Waals surface area contributed by atoms with E-state index in [1.54, 1.807) is 19.1 Å². The molecule has 0 spiro atoms. The second-order valence-electron chi connectivity index (χ2n) is 9.84. The molecular formula is C26H24BrF3N6O4S. The molecule has 15 heteroatoms. The number of pyridine rings is 1. The highest BCUT2D eigenvalue weighted by Gasteiger charge is 2.35. The lowest BCUT2D eigenvalue weighted by Crippen LogP contribution is -2.48. The number of hydrogen-bond donors (Lipinski definition) is 2. The molecule has 1 fully saturated rings. The second-order valence-corrected chi connectivity index (χ2v) is 11.1. The van der Waals surface area contributed by atoms with Gasteiger partial charge in [-0.05, 0) is 55.9 Å². The van der Waals surface area contributed by atoms with Gasteiger partial charge in [-0.2, -0.15) is 13.2 Å². The van der Waals surface area contributed by atoms with Crippen molar-refractivity contribution in [3.8, 4) is 5.69 Å². The third-order valence-corrected chi connectivity index (χ3v) is 8.27. The van der Waals surface area contributed by atoms with Crippen molar-refractivity contribution >= 4 is 46.0 Å². The number of carboxylic acid groups (broad SMARTS) is 1. The van der Waals surface area contributed by atoms with E-state index in [1.807, 2.05) is 4.90 Å². The topological polar surface area (TPSA) is 115 Å². The van der Waals surface area contributed by atoms with E-state index in [9.17, 15) is 27.6 Å². The zero-order chi connectivity index (χ0) is 29.6. The maximum atomic E-state index is 13.5. The van der Waals surface area contributed by atoms with Crippen molar-refractivity contribution in [2.45, 2.75) is 32.1 Å². The van der Waals surface area contributed by atoms with E-state index in [0.29, 0.717) is 48.9 Å². The van der Waals surface area contributed by atoms with Gasteiger partial charge in [0, 0.05) is 53.5 Å². The van der Waals surface area contributed by atoms with Crippen molar-refractivity contribution in [1.82, 2.24) is 24.3 Å². The van der Waals surface area contributed by atoms with Crippen LogP contribution in [0, 0.1) is 4.77 Å². The number of alkyl halides is 3. The zero-order valence-electron chi connectivity index (χ0n) is 21.6. The summed E-state index contributed by atoms with van der Waals surface area (Å²) in [5.41, 5.74) is -0.133. The van der Waals surface area contributed by atoms with Crippen molar-refractivity contribution in [2.75, 3.05) is 31.1 Å². The molecule has 41 heavy (non-hydrogen) atoms. The summed E-state index contributed by atoms with van der Waals surface area (Å²) >= 11 is 8.37. The SMILES string of the molecule is CC1Cc2c([nH]c(=S)n(-c3ccc(N4CCN(C(=O)O)CC4)nc3)c2=O)CN1C(=O)c1ccc(Br)c(C(F)(F)F)c1. The molecule has 3 aromatic rings. The molecule has 10 nitrogen and oxygen atoms in total. The number of fused-ring (bicyclic) bond motifs is 1. The molecule has 2 aliphatic heterocycles. The highest BCUT2D eigenvalue weighted by Crippen LogP contribution is 2.36. The van der Waals surface area contributed by atoms with Gasteiger partial charge in [0.2, 0.25) is 0 Å². The Hall–Kier alpha value is -3.72. The molecule has 2 amide bonds. The minimum absolute atomic E-state index is 0.0218. The average Bonchev–Trinajstić information content (AvgIpc) is 2.93. The van der Waals surface area contributed by atoms with Crippen LogP contribution in [0.4, 0.5) is 23.8 Å². The Balaban J connectivity index is 1.39. The number of rotatable bonds is 3. The summed E-state index contributed by atoms with van der Waals surface area (Å²) in [5.74, 6) is 0.0534. The van der Waals surface area contributed by atoms with Crippen LogP contribution in [0.1, 0.15) is 34.1 Å². The van der Waals surface area contributed by atoms with Crippen LogP contribution in [-0.4, -0.2) is 73.7 Å². The van der Waals surface area contributed by atoms with Gasteiger partial charge in [0.05, 0.1) is 24.0 Å². The van der Waals surface area contributed by atoms with Crippen LogP contribution >= 0.6 is 28.1 Å². The van der Waals surface area contributed by atoms with Crippen LogP contribution in [0.5, 0.6) is 0 Å². The van der Waals surface area contributed by atoms with Gasteiger partial charge in [-0.25, -0.2) is 9.78 Å². The molecule has 0 saturated carbocycles. The first-order valence-corrected chi connectivity index (χ1v) is 13.8. The van der Waals surface area contributed by atoms with Crippen LogP contribution in [-0.2, 0) is 19.1 Å². The first kappa shape index (κ1) is 28.8. The van der Waals surface area contributed by atoms with E-state index in [1.165, 1.54) is 32.7 Å². The first-order chi connectivity index (χ1) is 19.3. The number of carbonyl (C=O) groups excluding carboxylic acids is 1. The lowest BCUT2D eigenvalue weighted by molar-refractivity contribution is -0.138. The van der Waals surface area contributed by atoms with Crippen molar-refractivity contribution in [1.29, 1.82) is 0 Å². The number of hydrogen-bond acceptors (Lipinski definition) is 6. The molecule has 1 unspecified atom stereocenters. The predicted molar refractivity (Wildman–Crippen MR) is 149 cm³/mol. The average molecular weight is 653 g/mol. The minimum Gasteiger partial charge on any atom is -0.465 e. The van der Waals surface area contributed by atoms with E-state index in [2.05, 4.69) is 25.9 Å². The Kier molecular flexibility index (Phi) is 7.68. The molecule has 1 saturated heterocycles. The van der Waals surface area contributed by atoms with Gasteiger partial charge in [0.1, 0.15) is 5.82 Å². The number of anilines is 1. The second kappa shape index (κ2) is 10.9.